The number of esters is 4. The van der Waals surface area contributed by atoms with Crippen molar-refractivity contribution in [2.24, 2.45) is 0 Å². The summed E-state index contributed by atoms with van der Waals surface area (Å²) in [5.74, 6) is -2.22. The van der Waals surface area contributed by atoms with Gasteiger partial charge in [-0.1, -0.05) is 260 Å². The highest BCUT2D eigenvalue weighted by atomic mass is 31.2. The number of phosphoric ester groups is 2. The Balaban J connectivity index is 5.38. The molecule has 98 heavy (non-hydrogen) atoms. The molecule has 0 saturated heterocycles. The van der Waals surface area contributed by atoms with Crippen LogP contribution in [0.5, 0.6) is 0 Å². The van der Waals surface area contributed by atoms with E-state index in [2.05, 4.69) is 113 Å². The van der Waals surface area contributed by atoms with E-state index in [9.17, 15) is 43.2 Å². The summed E-state index contributed by atoms with van der Waals surface area (Å²) in [7, 11) is -9.96. The van der Waals surface area contributed by atoms with Crippen molar-refractivity contribution in [1.29, 1.82) is 0 Å². The van der Waals surface area contributed by atoms with Gasteiger partial charge in [-0.2, -0.15) is 0 Å². The summed E-state index contributed by atoms with van der Waals surface area (Å²) in [6, 6.07) is 0. The molecule has 0 bridgehead atoms. The zero-order chi connectivity index (χ0) is 71.8. The highest BCUT2D eigenvalue weighted by Crippen LogP contribution is 2.45. The number of hydrogen-bond acceptors (Lipinski definition) is 15. The van der Waals surface area contributed by atoms with Crippen molar-refractivity contribution in [2.75, 3.05) is 39.6 Å². The Hall–Kier alpha value is -3.76. The molecule has 19 heteroatoms. The Morgan fingerprint density at radius 1 is 0.296 bits per heavy atom. The van der Waals surface area contributed by atoms with Crippen LogP contribution in [0.4, 0.5) is 0 Å². The van der Waals surface area contributed by atoms with Crippen LogP contribution in [-0.2, 0) is 65.4 Å². The molecule has 0 aliphatic rings. The molecule has 0 aliphatic heterocycles. The lowest BCUT2D eigenvalue weighted by molar-refractivity contribution is -0.161. The van der Waals surface area contributed by atoms with Crippen LogP contribution < -0.4 is 0 Å². The second-order valence-corrected chi connectivity index (χ2v) is 28.9. The SMILES string of the molecule is CCCCC/C=C\C/C=C\CCCCCCCC(=O)OC[C@H](COP(=O)(O)OC[C@@H](O)COP(=O)(O)OC[C@@H](COC(=O)CCCCCCC/C=C\C=C/CCCCCC)OC(=O)CCCCCCC/C=C\C=C/CCCCCC)OC(=O)CCCCCCC/C=C\CCCCCC. The minimum Gasteiger partial charge on any atom is -0.462 e. The summed E-state index contributed by atoms with van der Waals surface area (Å²) in [5, 5.41) is 10.6. The van der Waals surface area contributed by atoms with Crippen LogP contribution >= 0.6 is 15.6 Å². The fourth-order valence-corrected chi connectivity index (χ4v) is 11.9. The zero-order valence-electron chi connectivity index (χ0n) is 62.0. The molecule has 17 nitrogen and oxygen atoms in total. The highest BCUT2D eigenvalue weighted by Gasteiger charge is 2.30. The van der Waals surface area contributed by atoms with Crippen molar-refractivity contribution >= 4 is 39.5 Å². The second-order valence-electron chi connectivity index (χ2n) is 26.0. The number of phosphoric acid groups is 2. The number of carbonyl (C=O) groups excluding carboxylic acids is 4. The first-order chi connectivity index (χ1) is 47.7. The number of rotatable bonds is 73. The molecule has 0 spiro atoms. The fourth-order valence-electron chi connectivity index (χ4n) is 10.3. The Morgan fingerprint density at radius 3 is 0.847 bits per heavy atom. The first-order valence-electron chi connectivity index (χ1n) is 38.9. The third-order valence-electron chi connectivity index (χ3n) is 16.4. The normalized spacial score (nSPS) is 14.4. The van der Waals surface area contributed by atoms with Gasteiger partial charge in [0.05, 0.1) is 26.4 Å². The number of allylic oxidation sites excluding steroid dienone is 14. The molecule has 0 amide bonds. The van der Waals surface area contributed by atoms with Gasteiger partial charge in [-0.15, -0.1) is 0 Å². The lowest BCUT2D eigenvalue weighted by atomic mass is 10.1. The van der Waals surface area contributed by atoms with Crippen LogP contribution in [0.1, 0.15) is 336 Å². The van der Waals surface area contributed by atoms with Crippen molar-refractivity contribution in [3.63, 3.8) is 0 Å². The maximum Gasteiger partial charge on any atom is 0.472 e. The minimum atomic E-state index is -4.98. The summed E-state index contributed by atoms with van der Waals surface area (Å²) in [5.41, 5.74) is 0. The zero-order valence-corrected chi connectivity index (χ0v) is 63.7. The Morgan fingerprint density at radius 2 is 0.531 bits per heavy atom. The molecule has 0 aromatic carbocycles. The van der Waals surface area contributed by atoms with E-state index in [-0.39, 0.29) is 25.7 Å². The summed E-state index contributed by atoms with van der Waals surface area (Å²) in [6.07, 6.45) is 72.7. The van der Waals surface area contributed by atoms with Gasteiger partial charge in [0.15, 0.2) is 12.2 Å². The van der Waals surface area contributed by atoms with Gasteiger partial charge in [0, 0.05) is 25.7 Å². The maximum atomic E-state index is 13.1. The summed E-state index contributed by atoms with van der Waals surface area (Å²) in [6.45, 7) is 4.76. The van der Waals surface area contributed by atoms with Gasteiger partial charge in [0.1, 0.15) is 19.3 Å². The monoisotopic (exact) mass is 1420 g/mol. The number of hydrogen-bond donors (Lipinski definition) is 3. The van der Waals surface area contributed by atoms with Crippen molar-refractivity contribution in [1.82, 2.24) is 0 Å². The number of aliphatic hydroxyl groups is 1. The van der Waals surface area contributed by atoms with Crippen LogP contribution in [-0.4, -0.2) is 96.7 Å². The van der Waals surface area contributed by atoms with E-state index >= 15 is 0 Å². The standard InChI is InChI=1S/C79H140O17P2/c1-5-9-13-17-21-25-29-33-36-40-43-47-51-55-59-63-76(81)89-69-74(95-78(83)65-61-57-53-49-45-39-32-28-24-20-16-12-8-4)71-93-97(85,86)91-67-73(80)68-92-98(87,88)94-72-75(96-79(84)66-62-58-54-50-46-42-38-35-31-27-23-19-15-11-7-3)70-90-77(82)64-60-56-52-48-44-41-37-34-30-26-22-18-14-10-6-2/h21,25-28,30-38,73-75,80H,5-20,22-24,29,39-72H2,1-4H3,(H,85,86)(H,87,88)/b25-21-,30-26-,31-27-,32-28-,36-33-,37-34-,38-35-/t73-,74-,75-/m1/s1. The Labute approximate surface area is 595 Å². The third kappa shape index (κ3) is 70.7. The van der Waals surface area contributed by atoms with Crippen LogP contribution in [0.15, 0.2) is 85.1 Å². The van der Waals surface area contributed by atoms with Crippen LogP contribution in [0.25, 0.3) is 0 Å². The summed E-state index contributed by atoms with van der Waals surface area (Å²) >= 11 is 0. The van der Waals surface area contributed by atoms with Gasteiger partial charge in [0.2, 0.25) is 0 Å². The van der Waals surface area contributed by atoms with E-state index < -0.39 is 97.5 Å². The average Bonchev–Trinajstić information content (AvgIpc) is 0.959. The predicted molar refractivity (Wildman–Crippen MR) is 399 cm³/mol. The number of unbranched alkanes of at least 4 members (excludes halogenated alkanes) is 35. The second kappa shape index (κ2) is 71.6. The smallest absolute Gasteiger partial charge is 0.462 e. The molecule has 0 saturated carbocycles. The van der Waals surface area contributed by atoms with E-state index in [0.29, 0.717) is 25.7 Å². The first-order valence-corrected chi connectivity index (χ1v) is 41.9. The van der Waals surface area contributed by atoms with Gasteiger partial charge in [-0.25, -0.2) is 9.13 Å². The Bertz CT molecular complexity index is 2190. The minimum absolute atomic E-state index is 0.0749. The molecule has 0 rings (SSSR count). The predicted octanol–water partition coefficient (Wildman–Crippen LogP) is 22.2. The molecule has 0 aromatic rings. The van der Waals surface area contributed by atoms with Crippen LogP contribution in [0.3, 0.4) is 0 Å². The van der Waals surface area contributed by atoms with E-state index in [0.717, 1.165) is 161 Å². The molecule has 0 aliphatic carbocycles. The van der Waals surface area contributed by atoms with Crippen molar-refractivity contribution in [3.8, 4) is 0 Å². The lowest BCUT2D eigenvalue weighted by Gasteiger charge is -2.21. The number of ether oxygens (including phenoxy) is 4. The van der Waals surface area contributed by atoms with Gasteiger partial charge in [-0.3, -0.25) is 37.3 Å². The van der Waals surface area contributed by atoms with Gasteiger partial charge < -0.3 is 33.8 Å². The van der Waals surface area contributed by atoms with Crippen LogP contribution in [0, 0.1) is 0 Å². The van der Waals surface area contributed by atoms with E-state index in [4.69, 9.17) is 37.0 Å². The lowest BCUT2D eigenvalue weighted by Crippen LogP contribution is -2.30. The van der Waals surface area contributed by atoms with Gasteiger partial charge in [-0.05, 0) is 135 Å². The van der Waals surface area contributed by atoms with E-state index in [1.807, 2.05) is 0 Å². The largest absolute Gasteiger partial charge is 0.472 e. The van der Waals surface area contributed by atoms with Crippen molar-refractivity contribution < 1.29 is 80.2 Å². The summed E-state index contributed by atoms with van der Waals surface area (Å²) < 4.78 is 68.5. The molecule has 3 N–H and O–H groups in total. The van der Waals surface area contributed by atoms with Crippen molar-refractivity contribution in [3.05, 3.63) is 85.1 Å². The topological polar surface area (TPSA) is 237 Å². The molecule has 0 heterocycles. The molecule has 5 atom stereocenters. The first kappa shape index (κ1) is 94.2. The third-order valence-corrected chi connectivity index (χ3v) is 18.3. The van der Waals surface area contributed by atoms with Crippen molar-refractivity contribution in [2.45, 2.75) is 354 Å². The highest BCUT2D eigenvalue weighted by molar-refractivity contribution is 7.47. The Kier molecular flexibility index (Phi) is 68.9. The van der Waals surface area contributed by atoms with Crippen LogP contribution in [0.2, 0.25) is 0 Å². The number of aliphatic hydroxyl groups excluding tert-OH is 1. The fraction of sp³-hybridized carbons (Fsp3) is 0.772. The van der Waals surface area contributed by atoms with E-state index in [1.54, 1.807) is 0 Å². The summed E-state index contributed by atoms with van der Waals surface area (Å²) in [4.78, 5) is 72.9. The molecule has 568 valence electrons. The molecule has 0 aromatic heterocycles. The average molecular weight is 1420 g/mol. The quantitative estimate of drug-likeness (QED) is 0.0128. The van der Waals surface area contributed by atoms with Gasteiger partial charge in [0.25, 0.3) is 0 Å². The molecule has 0 radical (unpaired) electrons. The maximum absolute atomic E-state index is 13.1. The van der Waals surface area contributed by atoms with Gasteiger partial charge >= 0.3 is 39.5 Å². The molecular formula is C79H140O17P2. The van der Waals surface area contributed by atoms with E-state index in [1.165, 1.54) is 96.3 Å². The molecular weight excluding hydrogens is 1280 g/mol. The molecule has 2 unspecified atom stereocenters. The number of carbonyl (C=O) groups is 4. The molecule has 0 fully saturated rings.